The quantitative estimate of drug-likeness (QED) is 0.207. The van der Waals surface area contributed by atoms with Crippen molar-refractivity contribution in [3.63, 3.8) is 0 Å². The van der Waals surface area contributed by atoms with E-state index in [4.69, 9.17) is 0 Å². The molecule has 1 rings (SSSR count). The maximum atomic E-state index is 4.34. The van der Waals surface area contributed by atoms with Crippen LogP contribution in [0.1, 0.15) is 25.7 Å². The van der Waals surface area contributed by atoms with Gasteiger partial charge in [0.25, 0.3) is 0 Å². The summed E-state index contributed by atoms with van der Waals surface area (Å²) in [6.45, 7) is 1.04. The van der Waals surface area contributed by atoms with Crippen molar-refractivity contribution in [3.8, 4) is 0 Å². The van der Waals surface area contributed by atoms with Crippen molar-refractivity contribution in [2.75, 3.05) is 23.9 Å². The Hall–Kier alpha value is -1.68. The topological polar surface area (TPSA) is 29.6 Å². The zero-order chi connectivity index (χ0) is 16.6. The average Bonchev–Trinajstić information content (AvgIpc) is 2.59. The fourth-order valence-corrected chi connectivity index (χ4v) is 2.31. The van der Waals surface area contributed by atoms with E-state index < -0.39 is 0 Å². The minimum atomic E-state index is 1.04. The van der Waals surface area contributed by atoms with Crippen molar-refractivity contribution in [1.29, 1.82) is 0 Å². The van der Waals surface area contributed by atoms with Crippen LogP contribution in [0.25, 0.3) is 0 Å². The van der Waals surface area contributed by atoms with Gasteiger partial charge in [-0.15, -0.1) is 0 Å². The fourth-order valence-electron chi connectivity index (χ4n) is 1.91. The Morgan fingerprint density at radius 2 is 1.74 bits per heavy atom. The molecule has 0 spiro atoms. The Morgan fingerprint density at radius 1 is 1.00 bits per heavy atom. The number of rotatable bonds is 11. The Balaban J connectivity index is 2.14. The van der Waals surface area contributed by atoms with Crippen molar-refractivity contribution < 1.29 is 4.99 Å². The van der Waals surface area contributed by atoms with Gasteiger partial charge in [0, 0.05) is 31.1 Å². The van der Waals surface area contributed by atoms with Gasteiger partial charge in [-0.2, -0.15) is 5.10 Å². The van der Waals surface area contributed by atoms with Gasteiger partial charge in [0.15, 0.2) is 6.21 Å². The molecule has 0 aliphatic heterocycles. The summed E-state index contributed by atoms with van der Waals surface area (Å²) in [5.41, 5.74) is 1.07. The minimum Gasteiger partial charge on any atom is -0.269 e. The number of nitrogens with zero attached hydrogens (tertiary/aromatic N) is 2. The van der Waals surface area contributed by atoms with E-state index in [0.717, 1.165) is 17.6 Å². The molecule has 0 unspecified atom stereocenters. The second kappa shape index (κ2) is 13.9. The number of benzene rings is 1. The molecule has 0 atom stereocenters. The summed E-state index contributed by atoms with van der Waals surface area (Å²) in [5.74, 6) is 0. The van der Waals surface area contributed by atoms with E-state index in [1.807, 2.05) is 72.9 Å². The maximum Gasteiger partial charge on any atom is 0.161 e. The fraction of sp³-hybridized carbons (Fsp3) is 0.368. The first-order chi connectivity index (χ1) is 11.3. The van der Waals surface area contributed by atoms with Gasteiger partial charge < -0.3 is 0 Å². The number of nitrogens with one attached hydrogen (secondary N) is 1. The lowest BCUT2D eigenvalue weighted by molar-refractivity contribution is -0.451. The number of unbranched alkanes of at least 4 members (excludes halogenated alkanes) is 3. The highest BCUT2D eigenvalue weighted by Crippen LogP contribution is 2.10. The van der Waals surface area contributed by atoms with Gasteiger partial charge in [-0.05, 0) is 31.1 Å². The van der Waals surface area contributed by atoms with Crippen LogP contribution in [-0.4, -0.2) is 31.4 Å². The number of hydrazone groups is 1. The molecule has 124 valence electrons. The molecule has 0 aromatic heterocycles. The third-order valence-electron chi connectivity index (χ3n) is 3.21. The number of halogens is 1. The zero-order valence-corrected chi connectivity index (χ0v) is 15.5. The molecule has 23 heavy (non-hydrogen) atoms. The van der Waals surface area contributed by atoms with Crippen molar-refractivity contribution in [3.05, 3.63) is 54.6 Å². The predicted octanol–water partition coefficient (Wildman–Crippen LogP) is 3.33. The summed E-state index contributed by atoms with van der Waals surface area (Å²) < 4.78 is 0. The van der Waals surface area contributed by atoms with Crippen LogP contribution in [0.5, 0.6) is 0 Å². The molecule has 0 saturated carbocycles. The maximum absolute atomic E-state index is 4.34. The molecule has 0 aliphatic rings. The first-order valence-electron chi connectivity index (χ1n) is 8.12. The Kier molecular flexibility index (Phi) is 11.7. The Labute approximate surface area is 148 Å². The van der Waals surface area contributed by atoms with Crippen LogP contribution in [0.3, 0.4) is 0 Å². The minimum absolute atomic E-state index is 1.04. The highest BCUT2D eigenvalue weighted by Gasteiger charge is 1.93. The van der Waals surface area contributed by atoms with Crippen molar-refractivity contribution in [2.45, 2.75) is 25.7 Å². The number of hydrogen-bond acceptors (Lipinski definition) is 2. The number of allylic oxidation sites excluding steroid dienone is 4. The van der Waals surface area contributed by atoms with Gasteiger partial charge in [0.05, 0.1) is 5.69 Å². The van der Waals surface area contributed by atoms with E-state index in [0.29, 0.717) is 0 Å². The smallest absolute Gasteiger partial charge is 0.161 e. The molecule has 0 bridgehead atoms. The Morgan fingerprint density at radius 3 is 2.52 bits per heavy atom. The monoisotopic (exact) mass is 376 g/mol. The predicted molar refractivity (Wildman–Crippen MR) is 106 cm³/mol. The summed E-state index contributed by atoms with van der Waals surface area (Å²) in [5, 5.41) is 7.30. The SMILES string of the molecule is CN(/N=C/C=C/C=C\C=[NH+]CCCCCCBr)c1ccccc1. The Bertz CT molecular complexity index is 507. The van der Waals surface area contributed by atoms with E-state index >= 15 is 0 Å². The summed E-state index contributed by atoms with van der Waals surface area (Å²) in [6, 6.07) is 10.1. The molecular formula is C19H27BrN3+. The second-order valence-corrected chi connectivity index (χ2v) is 5.91. The van der Waals surface area contributed by atoms with E-state index in [-0.39, 0.29) is 0 Å². The van der Waals surface area contributed by atoms with Crippen LogP contribution >= 0.6 is 15.9 Å². The van der Waals surface area contributed by atoms with E-state index in [9.17, 15) is 0 Å². The number of hydrogen-bond donors (Lipinski definition) is 1. The average molecular weight is 377 g/mol. The van der Waals surface area contributed by atoms with Crippen LogP contribution < -0.4 is 10.0 Å². The zero-order valence-electron chi connectivity index (χ0n) is 13.9. The molecule has 0 radical (unpaired) electrons. The van der Waals surface area contributed by atoms with Gasteiger partial charge in [0.2, 0.25) is 0 Å². The lowest BCUT2D eigenvalue weighted by atomic mass is 10.2. The second-order valence-electron chi connectivity index (χ2n) is 5.12. The van der Waals surface area contributed by atoms with Gasteiger partial charge in [-0.1, -0.05) is 52.7 Å². The summed E-state index contributed by atoms with van der Waals surface area (Å²) >= 11 is 3.45. The molecule has 1 aromatic rings. The van der Waals surface area contributed by atoms with Gasteiger partial charge >= 0.3 is 0 Å². The van der Waals surface area contributed by atoms with Crippen LogP contribution in [0.2, 0.25) is 0 Å². The standard InChI is InChI=1S/C19H26BrN3/c1-23(19-13-7-6-8-14-19)22-18-12-5-4-11-17-21-16-10-3-2-9-15-20/h4-8,11-14,17-18H,2-3,9-10,15-16H2,1H3/p+1/b11-4-,12-5+,21-17?,22-18+. The van der Waals surface area contributed by atoms with Crippen molar-refractivity contribution in [2.24, 2.45) is 5.10 Å². The van der Waals surface area contributed by atoms with Crippen molar-refractivity contribution in [1.82, 2.24) is 0 Å². The largest absolute Gasteiger partial charge is 0.269 e. The molecule has 0 saturated heterocycles. The summed E-state index contributed by atoms with van der Waals surface area (Å²) in [7, 11) is 1.94. The number of para-hydroxylation sites is 1. The first kappa shape index (κ1) is 19.4. The van der Waals surface area contributed by atoms with E-state index in [2.05, 4.69) is 26.0 Å². The van der Waals surface area contributed by atoms with E-state index in [1.165, 1.54) is 25.7 Å². The lowest BCUT2D eigenvalue weighted by Crippen LogP contribution is -2.68. The molecule has 0 aliphatic carbocycles. The molecule has 4 heteroatoms. The molecule has 1 N–H and O–H groups in total. The van der Waals surface area contributed by atoms with Gasteiger partial charge in [-0.25, -0.2) is 4.99 Å². The van der Waals surface area contributed by atoms with E-state index in [1.54, 1.807) is 6.21 Å². The molecule has 1 aromatic carbocycles. The number of anilines is 1. The molecule has 3 nitrogen and oxygen atoms in total. The van der Waals surface area contributed by atoms with Crippen molar-refractivity contribution >= 4 is 34.0 Å². The molecule has 0 heterocycles. The third kappa shape index (κ3) is 10.6. The van der Waals surface area contributed by atoms with Crippen LogP contribution in [-0.2, 0) is 0 Å². The summed E-state index contributed by atoms with van der Waals surface area (Å²) in [4.78, 5) is 3.29. The molecular weight excluding hydrogens is 350 g/mol. The summed E-state index contributed by atoms with van der Waals surface area (Å²) in [6.07, 6.45) is 16.8. The molecule has 0 fully saturated rings. The lowest BCUT2D eigenvalue weighted by Gasteiger charge is -2.11. The third-order valence-corrected chi connectivity index (χ3v) is 3.77. The van der Waals surface area contributed by atoms with Crippen LogP contribution in [0, 0.1) is 0 Å². The van der Waals surface area contributed by atoms with Crippen LogP contribution in [0.4, 0.5) is 5.69 Å². The highest BCUT2D eigenvalue weighted by molar-refractivity contribution is 9.09. The normalized spacial score (nSPS) is 12.3. The first-order valence-corrected chi connectivity index (χ1v) is 9.24. The van der Waals surface area contributed by atoms with Gasteiger partial charge in [-0.3, -0.25) is 5.01 Å². The number of alkyl halides is 1. The molecule has 0 amide bonds. The van der Waals surface area contributed by atoms with Gasteiger partial charge in [0.1, 0.15) is 6.54 Å². The highest BCUT2D eigenvalue weighted by atomic mass is 79.9. The van der Waals surface area contributed by atoms with Crippen LogP contribution in [0.15, 0.2) is 59.7 Å².